The zero-order valence-electron chi connectivity index (χ0n) is 15.5. The van der Waals surface area contributed by atoms with Gasteiger partial charge >= 0.3 is 0 Å². The molecule has 0 aromatic heterocycles. The van der Waals surface area contributed by atoms with E-state index in [1.54, 1.807) is 0 Å². The molecule has 142 valence electrons. The number of hydrogen-bond acceptors (Lipinski definition) is 3. The predicted molar refractivity (Wildman–Crippen MR) is 112 cm³/mol. The molecule has 3 aromatic carbocycles. The van der Waals surface area contributed by atoms with Crippen molar-refractivity contribution < 1.29 is 9.18 Å². The summed E-state index contributed by atoms with van der Waals surface area (Å²) >= 11 is 0. The van der Waals surface area contributed by atoms with Crippen molar-refractivity contribution >= 4 is 28.7 Å². The van der Waals surface area contributed by atoms with E-state index in [4.69, 9.17) is 0 Å². The Bertz CT molecular complexity index is 931. The van der Waals surface area contributed by atoms with Gasteiger partial charge in [0.05, 0.1) is 0 Å². The molecule has 4 nitrogen and oxygen atoms in total. The fourth-order valence-electron chi connectivity index (χ4n) is 3.34. The minimum absolute atomic E-state index is 0.266. The van der Waals surface area contributed by atoms with Crippen LogP contribution in [0.15, 0.2) is 72.8 Å². The number of halogens is 1. The number of nitrogens with zero attached hydrogens (tertiary/aromatic N) is 1. The lowest BCUT2D eigenvalue weighted by Crippen LogP contribution is -2.17. The van der Waals surface area contributed by atoms with Crippen LogP contribution in [0.4, 0.5) is 27.1 Å². The van der Waals surface area contributed by atoms with Crippen molar-refractivity contribution in [3.05, 3.63) is 84.2 Å². The fourth-order valence-corrected chi connectivity index (χ4v) is 3.34. The van der Waals surface area contributed by atoms with Crippen LogP contribution in [0, 0.1) is 5.82 Å². The first-order valence-corrected chi connectivity index (χ1v) is 9.46. The quantitative estimate of drug-likeness (QED) is 0.626. The van der Waals surface area contributed by atoms with Crippen LogP contribution in [0.1, 0.15) is 23.2 Å². The van der Waals surface area contributed by atoms with Crippen LogP contribution in [-0.2, 0) is 0 Å². The monoisotopic (exact) mass is 375 g/mol. The predicted octanol–water partition coefficient (Wildman–Crippen LogP) is 5.42. The second-order valence-corrected chi connectivity index (χ2v) is 6.90. The number of anilines is 4. The number of hydrogen-bond donors (Lipinski definition) is 2. The maximum atomic E-state index is 13.0. The van der Waals surface area contributed by atoms with Gasteiger partial charge in [0.1, 0.15) is 5.82 Å². The molecule has 0 bridgehead atoms. The van der Waals surface area contributed by atoms with Crippen LogP contribution in [0.5, 0.6) is 0 Å². The molecule has 4 rings (SSSR count). The molecule has 0 spiro atoms. The molecule has 0 aliphatic carbocycles. The summed E-state index contributed by atoms with van der Waals surface area (Å²) in [5.74, 6) is -0.626. The summed E-state index contributed by atoms with van der Waals surface area (Å²) in [6.45, 7) is 2.27. The van der Waals surface area contributed by atoms with Gasteiger partial charge < -0.3 is 15.5 Å². The van der Waals surface area contributed by atoms with E-state index in [9.17, 15) is 9.18 Å². The Morgan fingerprint density at radius 3 is 1.89 bits per heavy atom. The topological polar surface area (TPSA) is 44.4 Å². The van der Waals surface area contributed by atoms with Gasteiger partial charge in [0.15, 0.2) is 0 Å². The van der Waals surface area contributed by atoms with Gasteiger partial charge in [-0.2, -0.15) is 0 Å². The molecule has 28 heavy (non-hydrogen) atoms. The second-order valence-electron chi connectivity index (χ2n) is 6.90. The molecular formula is C23H22FN3O. The van der Waals surface area contributed by atoms with Gasteiger partial charge in [-0.1, -0.05) is 0 Å². The lowest BCUT2D eigenvalue weighted by molar-refractivity contribution is 0.102. The molecule has 3 aromatic rings. The first-order chi connectivity index (χ1) is 13.7. The smallest absolute Gasteiger partial charge is 0.255 e. The van der Waals surface area contributed by atoms with E-state index in [2.05, 4.69) is 39.8 Å². The molecule has 0 atom stereocenters. The molecule has 0 unspecified atom stereocenters. The molecule has 1 aliphatic heterocycles. The SMILES string of the molecule is O=C(Nc1ccc(Nc2ccc(N3CCCC3)cc2)cc1)c1ccc(F)cc1. The van der Waals surface area contributed by atoms with Gasteiger partial charge in [0.25, 0.3) is 5.91 Å². The summed E-state index contributed by atoms with van der Waals surface area (Å²) in [6.07, 6.45) is 2.54. The van der Waals surface area contributed by atoms with E-state index in [-0.39, 0.29) is 11.7 Å². The normalized spacial score (nSPS) is 13.4. The van der Waals surface area contributed by atoms with Crippen molar-refractivity contribution in [1.82, 2.24) is 0 Å². The summed E-state index contributed by atoms with van der Waals surface area (Å²) in [5.41, 5.74) is 4.33. The first kappa shape index (κ1) is 18.0. The Morgan fingerprint density at radius 1 is 0.750 bits per heavy atom. The molecule has 1 aliphatic rings. The van der Waals surface area contributed by atoms with Crippen molar-refractivity contribution in [3.8, 4) is 0 Å². The van der Waals surface area contributed by atoms with Crippen LogP contribution in [0.3, 0.4) is 0 Å². The zero-order valence-corrected chi connectivity index (χ0v) is 15.5. The summed E-state index contributed by atoms with van der Waals surface area (Å²) in [4.78, 5) is 14.6. The third kappa shape index (κ3) is 4.31. The van der Waals surface area contributed by atoms with E-state index in [1.165, 1.54) is 42.8 Å². The Morgan fingerprint density at radius 2 is 1.29 bits per heavy atom. The lowest BCUT2D eigenvalue weighted by atomic mass is 10.2. The minimum Gasteiger partial charge on any atom is -0.372 e. The van der Waals surface area contributed by atoms with Gasteiger partial charge in [0.2, 0.25) is 0 Å². The van der Waals surface area contributed by atoms with Gasteiger partial charge in [-0.15, -0.1) is 0 Å². The second kappa shape index (κ2) is 8.13. The number of amides is 1. The minimum atomic E-state index is -0.361. The van der Waals surface area contributed by atoms with Gasteiger partial charge in [-0.05, 0) is 85.6 Å². The molecule has 1 saturated heterocycles. The number of carbonyl (C=O) groups excluding carboxylic acids is 1. The summed E-state index contributed by atoms with van der Waals surface area (Å²) in [6, 6.07) is 21.4. The van der Waals surface area contributed by atoms with Crippen molar-refractivity contribution in [3.63, 3.8) is 0 Å². The molecular weight excluding hydrogens is 353 g/mol. The summed E-state index contributed by atoms with van der Waals surface area (Å²) < 4.78 is 13.0. The summed E-state index contributed by atoms with van der Waals surface area (Å²) in [5, 5.41) is 6.18. The van der Waals surface area contributed by atoms with Gasteiger partial charge in [0, 0.05) is 41.4 Å². The number of nitrogens with one attached hydrogen (secondary N) is 2. The van der Waals surface area contributed by atoms with Crippen molar-refractivity contribution in [2.24, 2.45) is 0 Å². The van der Waals surface area contributed by atoms with Gasteiger partial charge in [-0.25, -0.2) is 4.39 Å². The number of rotatable bonds is 5. The maximum absolute atomic E-state index is 13.0. The molecule has 1 heterocycles. The summed E-state index contributed by atoms with van der Waals surface area (Å²) in [7, 11) is 0. The third-order valence-corrected chi connectivity index (χ3v) is 4.88. The van der Waals surface area contributed by atoms with E-state index in [0.29, 0.717) is 11.3 Å². The molecule has 0 saturated carbocycles. The number of benzene rings is 3. The molecule has 5 heteroatoms. The average Bonchev–Trinajstić information content (AvgIpc) is 3.25. The van der Waals surface area contributed by atoms with Crippen LogP contribution < -0.4 is 15.5 Å². The van der Waals surface area contributed by atoms with E-state index >= 15 is 0 Å². The molecule has 2 N–H and O–H groups in total. The van der Waals surface area contributed by atoms with E-state index in [1.807, 2.05) is 24.3 Å². The van der Waals surface area contributed by atoms with Crippen molar-refractivity contribution in [2.75, 3.05) is 28.6 Å². The standard InChI is InChI=1S/C23H22FN3O/c24-18-5-3-17(4-6-18)23(28)26-21-9-7-19(8-10-21)25-20-11-13-22(14-12-20)27-15-1-2-16-27/h3-14,25H,1-2,15-16H2,(H,26,28). The average molecular weight is 375 g/mol. The van der Waals surface area contributed by atoms with Gasteiger partial charge in [-0.3, -0.25) is 4.79 Å². The lowest BCUT2D eigenvalue weighted by Gasteiger charge is -2.18. The first-order valence-electron chi connectivity index (χ1n) is 9.46. The maximum Gasteiger partial charge on any atom is 0.255 e. The molecule has 1 amide bonds. The fraction of sp³-hybridized carbons (Fsp3) is 0.174. The molecule has 0 radical (unpaired) electrons. The Hall–Kier alpha value is -3.34. The van der Waals surface area contributed by atoms with Crippen LogP contribution in [-0.4, -0.2) is 19.0 Å². The van der Waals surface area contributed by atoms with Crippen LogP contribution in [0.25, 0.3) is 0 Å². The van der Waals surface area contributed by atoms with Crippen LogP contribution in [0.2, 0.25) is 0 Å². The van der Waals surface area contributed by atoms with Crippen molar-refractivity contribution in [1.29, 1.82) is 0 Å². The van der Waals surface area contributed by atoms with Crippen LogP contribution >= 0.6 is 0 Å². The third-order valence-electron chi connectivity index (χ3n) is 4.88. The molecule has 1 fully saturated rings. The Balaban J connectivity index is 1.36. The highest BCUT2D eigenvalue weighted by atomic mass is 19.1. The van der Waals surface area contributed by atoms with Crippen molar-refractivity contribution in [2.45, 2.75) is 12.8 Å². The Kier molecular flexibility index (Phi) is 5.24. The highest BCUT2D eigenvalue weighted by molar-refractivity contribution is 6.04. The van der Waals surface area contributed by atoms with E-state index in [0.717, 1.165) is 24.5 Å². The Labute approximate surface area is 164 Å². The highest BCUT2D eigenvalue weighted by Crippen LogP contribution is 2.24. The number of carbonyl (C=O) groups is 1. The zero-order chi connectivity index (χ0) is 19.3. The largest absolute Gasteiger partial charge is 0.372 e. The highest BCUT2D eigenvalue weighted by Gasteiger charge is 2.11. The van der Waals surface area contributed by atoms with E-state index < -0.39 is 0 Å².